The molecule has 0 spiro atoms. The lowest BCUT2D eigenvalue weighted by atomic mass is 10.1. The van der Waals surface area contributed by atoms with Gasteiger partial charge in [0.1, 0.15) is 5.82 Å². The van der Waals surface area contributed by atoms with Crippen LogP contribution in [0.1, 0.15) is 36.7 Å². The van der Waals surface area contributed by atoms with Crippen molar-refractivity contribution in [2.24, 2.45) is 5.92 Å². The van der Waals surface area contributed by atoms with E-state index in [-0.39, 0.29) is 0 Å². The number of hydrogen-bond acceptors (Lipinski definition) is 2. The summed E-state index contributed by atoms with van der Waals surface area (Å²) in [5.41, 5.74) is 3.93. The summed E-state index contributed by atoms with van der Waals surface area (Å²) < 4.78 is 2.29. The summed E-state index contributed by atoms with van der Waals surface area (Å²) in [5.74, 6) is 2.02. The molecule has 1 fully saturated rings. The zero-order chi connectivity index (χ0) is 12.7. The fourth-order valence-electron chi connectivity index (χ4n) is 2.58. The van der Waals surface area contributed by atoms with E-state index in [1.165, 1.54) is 24.2 Å². The molecule has 0 unspecified atom stereocenters. The van der Waals surface area contributed by atoms with Gasteiger partial charge in [-0.25, -0.2) is 4.98 Å². The predicted octanol–water partition coefficient (Wildman–Crippen LogP) is 3.19. The van der Waals surface area contributed by atoms with Crippen LogP contribution in [-0.2, 0) is 13.0 Å². The molecule has 0 aliphatic heterocycles. The molecule has 0 atom stereocenters. The largest absolute Gasteiger partial charge is 0.328 e. The van der Waals surface area contributed by atoms with Crippen LogP contribution < -0.4 is 0 Å². The second kappa shape index (κ2) is 4.13. The summed E-state index contributed by atoms with van der Waals surface area (Å²) in [5, 5.41) is 9.08. The third kappa shape index (κ3) is 1.69. The van der Waals surface area contributed by atoms with Crippen molar-refractivity contribution in [3.63, 3.8) is 0 Å². The Morgan fingerprint density at radius 1 is 1.44 bits per heavy atom. The van der Waals surface area contributed by atoms with Crippen molar-refractivity contribution < 1.29 is 0 Å². The van der Waals surface area contributed by atoms with Crippen molar-refractivity contribution >= 4 is 11.0 Å². The van der Waals surface area contributed by atoms with Crippen LogP contribution in [-0.4, -0.2) is 9.55 Å². The van der Waals surface area contributed by atoms with Gasteiger partial charge in [0.25, 0.3) is 0 Å². The molecule has 1 aromatic heterocycles. The maximum atomic E-state index is 9.08. The lowest BCUT2D eigenvalue weighted by molar-refractivity contribution is 0.676. The van der Waals surface area contributed by atoms with Gasteiger partial charge in [-0.2, -0.15) is 5.26 Å². The van der Waals surface area contributed by atoms with Crippen molar-refractivity contribution in [2.45, 2.75) is 39.7 Å². The first-order valence-electron chi connectivity index (χ1n) is 6.63. The molecule has 2 aromatic rings. The Morgan fingerprint density at radius 3 is 2.83 bits per heavy atom. The smallest absolute Gasteiger partial charge is 0.110 e. The molecule has 3 heteroatoms. The topological polar surface area (TPSA) is 41.6 Å². The number of imidazole rings is 1. The molecule has 0 N–H and O–H groups in total. The molecule has 18 heavy (non-hydrogen) atoms. The van der Waals surface area contributed by atoms with Gasteiger partial charge in [0.05, 0.1) is 22.7 Å². The van der Waals surface area contributed by atoms with Gasteiger partial charge in [0.2, 0.25) is 0 Å². The van der Waals surface area contributed by atoms with Gasteiger partial charge < -0.3 is 4.57 Å². The highest BCUT2D eigenvalue weighted by Crippen LogP contribution is 2.33. The quantitative estimate of drug-likeness (QED) is 0.825. The first-order chi connectivity index (χ1) is 8.74. The first-order valence-corrected chi connectivity index (χ1v) is 6.63. The fraction of sp³-hybridized carbons (Fsp3) is 0.467. The molecule has 0 bridgehead atoms. The Kier molecular flexibility index (Phi) is 2.59. The molecule has 3 nitrogen and oxygen atoms in total. The maximum Gasteiger partial charge on any atom is 0.110 e. The summed E-state index contributed by atoms with van der Waals surface area (Å²) in [6.07, 6.45) is 3.77. The van der Waals surface area contributed by atoms with Crippen molar-refractivity contribution in [3.8, 4) is 6.07 Å². The molecule has 1 heterocycles. The Labute approximate surface area is 107 Å². The standard InChI is InChI=1S/C15H17N3/c1-3-18-13-7-6-12(9-16)10(2)15(13)17-14(18)8-11-4-5-11/h6-7,11H,3-5,8H2,1-2H3. The Bertz CT molecular complexity index is 642. The predicted molar refractivity (Wildman–Crippen MR) is 71.3 cm³/mol. The second-order valence-corrected chi connectivity index (χ2v) is 5.14. The summed E-state index contributed by atoms with van der Waals surface area (Å²) >= 11 is 0. The zero-order valence-corrected chi connectivity index (χ0v) is 10.9. The Balaban J connectivity index is 2.19. The van der Waals surface area contributed by atoms with Crippen molar-refractivity contribution in [1.82, 2.24) is 9.55 Å². The van der Waals surface area contributed by atoms with Crippen LogP contribution in [0.5, 0.6) is 0 Å². The number of nitriles is 1. The molecule has 0 saturated heterocycles. The van der Waals surface area contributed by atoms with E-state index in [4.69, 9.17) is 10.2 Å². The van der Waals surface area contributed by atoms with E-state index in [1.54, 1.807) is 0 Å². The molecule has 0 radical (unpaired) electrons. The average molecular weight is 239 g/mol. The molecule has 1 saturated carbocycles. The third-order valence-electron chi connectivity index (χ3n) is 3.86. The van der Waals surface area contributed by atoms with Gasteiger partial charge in [-0.05, 0) is 50.3 Å². The molecular weight excluding hydrogens is 222 g/mol. The first kappa shape index (κ1) is 11.3. The van der Waals surface area contributed by atoms with Crippen LogP contribution in [0.25, 0.3) is 11.0 Å². The lowest BCUT2D eigenvalue weighted by Crippen LogP contribution is -2.02. The molecular formula is C15H17N3. The van der Waals surface area contributed by atoms with E-state index in [0.29, 0.717) is 0 Å². The highest BCUT2D eigenvalue weighted by atomic mass is 15.1. The monoisotopic (exact) mass is 239 g/mol. The molecule has 1 aromatic carbocycles. The van der Waals surface area contributed by atoms with E-state index >= 15 is 0 Å². The minimum absolute atomic E-state index is 0.737. The number of aromatic nitrogens is 2. The number of aryl methyl sites for hydroxylation is 2. The van der Waals surface area contributed by atoms with Gasteiger partial charge in [0.15, 0.2) is 0 Å². The van der Waals surface area contributed by atoms with E-state index in [1.807, 2.05) is 19.1 Å². The van der Waals surface area contributed by atoms with E-state index in [0.717, 1.165) is 35.5 Å². The van der Waals surface area contributed by atoms with Gasteiger partial charge in [-0.1, -0.05) is 0 Å². The summed E-state index contributed by atoms with van der Waals surface area (Å²) in [7, 11) is 0. The van der Waals surface area contributed by atoms with Crippen LogP contribution >= 0.6 is 0 Å². The number of rotatable bonds is 3. The summed E-state index contributed by atoms with van der Waals surface area (Å²) in [4.78, 5) is 4.78. The van der Waals surface area contributed by atoms with E-state index in [2.05, 4.69) is 17.6 Å². The SMILES string of the molecule is CCn1c(CC2CC2)nc2c(C)c(C#N)ccc21. The number of nitrogens with zero attached hydrogens (tertiary/aromatic N) is 3. The Morgan fingerprint density at radius 2 is 2.22 bits per heavy atom. The third-order valence-corrected chi connectivity index (χ3v) is 3.86. The Hall–Kier alpha value is -1.82. The highest BCUT2D eigenvalue weighted by Gasteiger charge is 2.24. The van der Waals surface area contributed by atoms with Crippen molar-refractivity contribution in [1.29, 1.82) is 5.26 Å². The normalized spacial score (nSPS) is 14.9. The lowest BCUT2D eigenvalue weighted by Gasteiger charge is -2.05. The summed E-state index contributed by atoms with van der Waals surface area (Å²) in [6.45, 7) is 5.10. The number of fused-ring (bicyclic) bond motifs is 1. The van der Waals surface area contributed by atoms with Crippen LogP contribution in [0.2, 0.25) is 0 Å². The highest BCUT2D eigenvalue weighted by molar-refractivity contribution is 5.81. The van der Waals surface area contributed by atoms with Gasteiger partial charge in [-0.3, -0.25) is 0 Å². The van der Waals surface area contributed by atoms with E-state index < -0.39 is 0 Å². The zero-order valence-electron chi connectivity index (χ0n) is 10.9. The molecule has 1 aliphatic carbocycles. The van der Waals surface area contributed by atoms with Crippen LogP contribution in [0.4, 0.5) is 0 Å². The average Bonchev–Trinajstić information content (AvgIpc) is 3.10. The number of hydrogen-bond donors (Lipinski definition) is 0. The molecule has 3 rings (SSSR count). The fourth-order valence-corrected chi connectivity index (χ4v) is 2.58. The summed E-state index contributed by atoms with van der Waals surface area (Å²) in [6, 6.07) is 6.18. The molecule has 1 aliphatic rings. The van der Waals surface area contributed by atoms with Crippen LogP contribution in [0.3, 0.4) is 0 Å². The maximum absolute atomic E-state index is 9.08. The van der Waals surface area contributed by atoms with Gasteiger partial charge >= 0.3 is 0 Å². The molecule has 0 amide bonds. The van der Waals surface area contributed by atoms with E-state index in [9.17, 15) is 0 Å². The second-order valence-electron chi connectivity index (χ2n) is 5.14. The number of benzene rings is 1. The molecule has 92 valence electrons. The minimum atomic E-state index is 0.737. The minimum Gasteiger partial charge on any atom is -0.328 e. The van der Waals surface area contributed by atoms with Crippen molar-refractivity contribution in [3.05, 3.63) is 29.1 Å². The van der Waals surface area contributed by atoms with Crippen molar-refractivity contribution in [2.75, 3.05) is 0 Å². The van der Waals surface area contributed by atoms with Gasteiger partial charge in [0, 0.05) is 13.0 Å². The van der Waals surface area contributed by atoms with Crippen LogP contribution in [0.15, 0.2) is 12.1 Å². The van der Waals surface area contributed by atoms with Gasteiger partial charge in [-0.15, -0.1) is 0 Å². The van der Waals surface area contributed by atoms with Crippen LogP contribution in [0, 0.1) is 24.2 Å².